The normalized spacial score (nSPS) is 10.9. The van der Waals surface area contributed by atoms with Gasteiger partial charge in [0, 0.05) is 0 Å². The maximum atomic E-state index is 14.0. The summed E-state index contributed by atoms with van der Waals surface area (Å²) in [5, 5.41) is 0.497. The lowest BCUT2D eigenvalue weighted by molar-refractivity contribution is 0.396. The summed E-state index contributed by atoms with van der Waals surface area (Å²) in [6.07, 6.45) is 4.79. The van der Waals surface area contributed by atoms with Gasteiger partial charge in [0.25, 0.3) is 0 Å². The first-order valence-corrected chi connectivity index (χ1v) is 10.6. The zero-order valence-electron chi connectivity index (χ0n) is 15.7. The van der Waals surface area contributed by atoms with Crippen LogP contribution >= 0.6 is 7.60 Å². The molecule has 0 amide bonds. The molecule has 0 bridgehead atoms. The van der Waals surface area contributed by atoms with Crippen LogP contribution in [0.15, 0.2) is 104 Å². The number of hydrogen-bond acceptors (Lipinski definition) is 3. The van der Waals surface area contributed by atoms with E-state index in [2.05, 4.69) is 13.2 Å². The number of rotatable bonds is 9. The average molecular weight is 390 g/mol. The Labute approximate surface area is 166 Å². The summed E-state index contributed by atoms with van der Waals surface area (Å²) in [7, 11) is -3.69. The van der Waals surface area contributed by atoms with Crippen LogP contribution in [0.2, 0.25) is 0 Å². The van der Waals surface area contributed by atoms with Gasteiger partial charge in [0.2, 0.25) is 0 Å². The van der Waals surface area contributed by atoms with Crippen molar-refractivity contribution in [3.8, 4) is 11.5 Å². The van der Waals surface area contributed by atoms with Gasteiger partial charge in [-0.2, -0.15) is 0 Å². The predicted molar refractivity (Wildman–Crippen MR) is 116 cm³/mol. The second-order valence-electron chi connectivity index (χ2n) is 6.22. The van der Waals surface area contributed by atoms with Gasteiger partial charge in [-0.05, 0) is 48.2 Å². The molecule has 0 saturated carbocycles. The van der Waals surface area contributed by atoms with E-state index in [1.54, 1.807) is 36.4 Å². The first kappa shape index (κ1) is 19.7. The zero-order chi connectivity index (χ0) is 19.8. The lowest BCUT2D eigenvalue weighted by Crippen LogP contribution is -2.15. The molecule has 3 rings (SSSR count). The minimum atomic E-state index is -3.69. The van der Waals surface area contributed by atoms with Gasteiger partial charge in [-0.1, -0.05) is 66.7 Å². The average Bonchev–Trinajstić information content (AvgIpc) is 2.72. The highest BCUT2D eigenvalue weighted by molar-refractivity contribution is 7.63. The predicted octanol–water partition coefficient (Wildman–Crippen LogP) is 6.12. The molecule has 0 heterocycles. The molecular formula is C24H23O3P. The quantitative estimate of drug-likeness (QED) is 0.326. The van der Waals surface area contributed by atoms with Crippen molar-refractivity contribution in [3.05, 3.63) is 115 Å². The van der Waals surface area contributed by atoms with Gasteiger partial charge < -0.3 is 9.05 Å². The van der Waals surface area contributed by atoms with Gasteiger partial charge in [0.1, 0.15) is 11.5 Å². The second kappa shape index (κ2) is 9.25. The molecule has 0 saturated heterocycles. The van der Waals surface area contributed by atoms with Crippen LogP contribution < -0.4 is 14.4 Å². The SMILES string of the molecule is C=CCc1ccccc1OP(=O)(Oc1ccccc1CC=C)c1ccccc1. The Hall–Kier alpha value is -3.03. The van der Waals surface area contributed by atoms with Gasteiger partial charge in [-0.3, -0.25) is 0 Å². The van der Waals surface area contributed by atoms with Crippen LogP contribution in [0.4, 0.5) is 0 Å². The van der Waals surface area contributed by atoms with Crippen LogP contribution in [0.25, 0.3) is 0 Å². The molecule has 0 atom stereocenters. The van der Waals surface area contributed by atoms with E-state index in [9.17, 15) is 4.57 Å². The molecule has 0 aliphatic rings. The van der Waals surface area contributed by atoms with Crippen LogP contribution in [-0.4, -0.2) is 0 Å². The molecule has 4 heteroatoms. The number of benzene rings is 3. The molecule has 0 fully saturated rings. The van der Waals surface area contributed by atoms with E-state index in [4.69, 9.17) is 9.05 Å². The Morgan fingerprint density at radius 1 is 0.679 bits per heavy atom. The zero-order valence-corrected chi connectivity index (χ0v) is 16.6. The highest BCUT2D eigenvalue weighted by Gasteiger charge is 2.32. The van der Waals surface area contributed by atoms with Gasteiger partial charge in [0.05, 0.1) is 5.30 Å². The van der Waals surface area contributed by atoms with E-state index in [0.717, 1.165) is 11.1 Å². The van der Waals surface area contributed by atoms with Gasteiger partial charge in [-0.15, -0.1) is 13.2 Å². The molecule has 3 aromatic rings. The smallest absolute Gasteiger partial charge is 0.413 e. The lowest BCUT2D eigenvalue weighted by Gasteiger charge is -2.22. The van der Waals surface area contributed by atoms with Crippen LogP contribution in [-0.2, 0) is 17.4 Å². The summed E-state index contributed by atoms with van der Waals surface area (Å²) in [5.74, 6) is 1.05. The fourth-order valence-corrected chi connectivity index (χ4v) is 4.49. The Bertz CT molecular complexity index is 936. The molecule has 142 valence electrons. The molecule has 28 heavy (non-hydrogen) atoms. The Morgan fingerprint density at radius 2 is 1.11 bits per heavy atom. The fraction of sp³-hybridized carbons (Fsp3) is 0.0833. The Balaban J connectivity index is 2.04. The molecule has 0 aliphatic carbocycles. The van der Waals surface area contributed by atoms with E-state index < -0.39 is 7.60 Å². The third kappa shape index (κ3) is 4.62. The molecule has 3 nitrogen and oxygen atoms in total. The van der Waals surface area contributed by atoms with E-state index in [1.807, 2.05) is 54.6 Å². The molecule has 0 aliphatic heterocycles. The van der Waals surface area contributed by atoms with E-state index in [0.29, 0.717) is 29.6 Å². The van der Waals surface area contributed by atoms with Crippen molar-refractivity contribution in [3.63, 3.8) is 0 Å². The topological polar surface area (TPSA) is 35.5 Å². The van der Waals surface area contributed by atoms with Crippen LogP contribution in [0.3, 0.4) is 0 Å². The third-order valence-electron chi connectivity index (χ3n) is 4.18. The first-order valence-electron chi connectivity index (χ1n) is 9.09. The number of para-hydroxylation sites is 2. The van der Waals surface area contributed by atoms with Crippen molar-refractivity contribution in [2.24, 2.45) is 0 Å². The molecule has 3 aromatic carbocycles. The van der Waals surface area contributed by atoms with Crippen LogP contribution in [0.1, 0.15) is 11.1 Å². The summed E-state index contributed by atoms with van der Waals surface area (Å²) in [4.78, 5) is 0. The Kier molecular flexibility index (Phi) is 6.52. The van der Waals surface area contributed by atoms with E-state index >= 15 is 0 Å². The van der Waals surface area contributed by atoms with E-state index in [1.165, 1.54) is 0 Å². The summed E-state index contributed by atoms with van der Waals surface area (Å²) >= 11 is 0. The highest BCUT2D eigenvalue weighted by atomic mass is 31.2. The minimum Gasteiger partial charge on any atom is -0.413 e. The molecule has 0 spiro atoms. The van der Waals surface area contributed by atoms with Gasteiger partial charge in [0.15, 0.2) is 0 Å². The van der Waals surface area contributed by atoms with Crippen molar-refractivity contribution in [1.29, 1.82) is 0 Å². The Morgan fingerprint density at radius 3 is 1.57 bits per heavy atom. The van der Waals surface area contributed by atoms with Crippen LogP contribution in [0, 0.1) is 0 Å². The lowest BCUT2D eigenvalue weighted by atomic mass is 10.1. The maximum Gasteiger partial charge on any atom is 0.462 e. The summed E-state index contributed by atoms with van der Waals surface area (Å²) in [6, 6.07) is 24.0. The minimum absolute atomic E-state index is 0.497. The number of hydrogen-bond donors (Lipinski definition) is 0. The highest BCUT2D eigenvalue weighted by Crippen LogP contribution is 2.49. The van der Waals surface area contributed by atoms with Crippen molar-refractivity contribution in [2.75, 3.05) is 0 Å². The maximum absolute atomic E-state index is 14.0. The number of allylic oxidation sites excluding steroid dienone is 2. The van der Waals surface area contributed by atoms with Crippen molar-refractivity contribution in [2.45, 2.75) is 12.8 Å². The molecular weight excluding hydrogens is 367 g/mol. The summed E-state index contributed by atoms with van der Waals surface area (Å²) < 4.78 is 26.1. The summed E-state index contributed by atoms with van der Waals surface area (Å²) in [5.41, 5.74) is 1.80. The standard InChI is InChI=1S/C24H23O3P/c1-3-12-20-14-8-10-18-23(20)26-28(25,22-16-6-5-7-17-22)27-24-19-11-9-15-21(24)13-4-2/h3-11,14-19H,1-2,12-13H2. The van der Waals surface area contributed by atoms with Crippen molar-refractivity contribution < 1.29 is 13.6 Å². The van der Waals surface area contributed by atoms with E-state index in [-0.39, 0.29) is 0 Å². The first-order chi connectivity index (χ1) is 13.7. The molecule has 0 aromatic heterocycles. The van der Waals surface area contributed by atoms with Crippen LogP contribution in [0.5, 0.6) is 11.5 Å². The monoisotopic (exact) mass is 390 g/mol. The van der Waals surface area contributed by atoms with Gasteiger partial charge >= 0.3 is 7.60 Å². The van der Waals surface area contributed by atoms with Crippen molar-refractivity contribution >= 4 is 12.9 Å². The van der Waals surface area contributed by atoms with Crippen molar-refractivity contribution in [1.82, 2.24) is 0 Å². The fourth-order valence-electron chi connectivity index (χ4n) is 2.83. The molecule has 0 unspecified atom stereocenters. The van der Waals surface area contributed by atoms with Gasteiger partial charge in [-0.25, -0.2) is 4.57 Å². The largest absolute Gasteiger partial charge is 0.462 e. The molecule has 0 radical (unpaired) electrons. The second-order valence-corrected chi connectivity index (χ2v) is 8.09. The molecule has 0 N–H and O–H groups in total. The third-order valence-corrected chi connectivity index (χ3v) is 5.99. The summed E-state index contributed by atoms with van der Waals surface area (Å²) in [6.45, 7) is 7.57.